The van der Waals surface area contributed by atoms with Crippen LogP contribution in [0.5, 0.6) is 0 Å². The molecule has 0 radical (unpaired) electrons. The Morgan fingerprint density at radius 1 is 1.14 bits per heavy atom. The van der Waals surface area contributed by atoms with Crippen LogP contribution >= 0.6 is 0 Å². The summed E-state index contributed by atoms with van der Waals surface area (Å²) in [4.78, 5) is 20.4. The van der Waals surface area contributed by atoms with E-state index in [0.717, 1.165) is 20.7 Å². The van der Waals surface area contributed by atoms with Gasteiger partial charge in [0, 0.05) is 0 Å². The van der Waals surface area contributed by atoms with Gasteiger partial charge in [0.15, 0.2) is 0 Å². The second kappa shape index (κ2) is 4.45. The van der Waals surface area contributed by atoms with Crippen molar-refractivity contribution < 1.29 is 0 Å². The zero-order chi connectivity index (χ0) is 14.6. The minimum absolute atomic E-state index is 0.0399. The zero-order valence-electron chi connectivity index (χ0n) is 11.7. The number of fused-ring (bicyclic) bond motifs is 2. The molecule has 2 heterocycles. The van der Waals surface area contributed by atoms with Crippen molar-refractivity contribution in [2.24, 2.45) is 0 Å². The van der Waals surface area contributed by atoms with Gasteiger partial charge in [-0.15, -0.1) is 0 Å². The van der Waals surface area contributed by atoms with E-state index in [2.05, 4.69) is 35.9 Å². The van der Waals surface area contributed by atoms with Gasteiger partial charge in [-0.3, -0.25) is 0 Å². The molecule has 0 fully saturated rings. The number of imidazole rings is 1. The Morgan fingerprint density at radius 2 is 1.90 bits per heavy atom. The van der Waals surface area contributed by atoms with Crippen LogP contribution in [0.4, 0.5) is 0 Å². The van der Waals surface area contributed by atoms with Gasteiger partial charge < -0.3 is 0 Å². The van der Waals surface area contributed by atoms with E-state index in [0.29, 0.717) is 5.95 Å². The summed E-state index contributed by atoms with van der Waals surface area (Å²) < 4.78 is 2.88. The molecule has 0 saturated carbocycles. The van der Waals surface area contributed by atoms with Crippen molar-refractivity contribution >= 4 is 35.4 Å². The van der Waals surface area contributed by atoms with Gasteiger partial charge in [-0.2, -0.15) is 0 Å². The molecule has 1 N–H and O–H groups in total. The molecule has 21 heavy (non-hydrogen) atoms. The Morgan fingerprint density at radius 3 is 2.71 bits per heavy atom. The fraction of sp³-hybridized carbons (Fsp3) is 0.125. The van der Waals surface area contributed by atoms with Crippen LogP contribution in [-0.2, 0) is 0 Å². The summed E-state index contributed by atoms with van der Waals surface area (Å²) in [5.41, 5.74) is 4.36. The third kappa shape index (κ3) is 1.89. The Kier molecular flexibility index (Phi) is 2.67. The van der Waals surface area contributed by atoms with Crippen molar-refractivity contribution in [3.8, 4) is 5.95 Å². The van der Waals surface area contributed by atoms with Gasteiger partial charge in [0.25, 0.3) is 0 Å². The molecular formula is C16H13N3OSe. The molecule has 0 aliphatic rings. The van der Waals surface area contributed by atoms with Gasteiger partial charge >= 0.3 is 127 Å². The maximum absolute atomic E-state index is 12.5. The van der Waals surface area contributed by atoms with Crippen molar-refractivity contribution in [3.63, 3.8) is 0 Å². The van der Waals surface area contributed by atoms with Crippen LogP contribution in [0.3, 0.4) is 0 Å². The first-order valence-corrected chi connectivity index (χ1v) is 8.34. The third-order valence-corrected chi connectivity index (χ3v) is 6.02. The quantitative estimate of drug-likeness (QED) is 0.541. The predicted octanol–water partition coefficient (Wildman–Crippen LogP) is 2.54. The van der Waals surface area contributed by atoms with Crippen molar-refractivity contribution in [3.05, 3.63) is 57.9 Å². The normalized spacial score (nSPS) is 11.5. The molecule has 4 aromatic rings. The number of hydrogen-bond donors (Lipinski definition) is 1. The first-order valence-electron chi connectivity index (χ1n) is 6.72. The first kappa shape index (κ1) is 12.6. The molecule has 0 amide bonds. The van der Waals surface area contributed by atoms with Gasteiger partial charge in [0.2, 0.25) is 0 Å². The number of hydrogen-bond acceptors (Lipinski definition) is 2. The molecule has 2 aromatic carbocycles. The molecular weight excluding hydrogens is 329 g/mol. The number of benzene rings is 2. The van der Waals surface area contributed by atoms with E-state index in [-0.39, 0.29) is 20.3 Å². The van der Waals surface area contributed by atoms with Gasteiger partial charge in [0.1, 0.15) is 0 Å². The van der Waals surface area contributed by atoms with Crippen LogP contribution in [-0.4, -0.2) is 28.3 Å². The fourth-order valence-electron chi connectivity index (χ4n) is 2.46. The number of rotatable bonds is 1. The Balaban J connectivity index is 2.00. The van der Waals surface area contributed by atoms with Crippen molar-refractivity contribution in [2.75, 3.05) is 0 Å². The van der Waals surface area contributed by atoms with Crippen molar-refractivity contribution in [2.45, 2.75) is 13.8 Å². The molecule has 0 saturated heterocycles. The number of aromatic nitrogens is 3. The van der Waals surface area contributed by atoms with E-state index in [1.807, 2.05) is 24.3 Å². The Labute approximate surface area is 127 Å². The standard InChI is InChI=1S/C16H13N3OSe/c1-9-7-12-13(8-10(9)2)18-16(17-12)19-15(20)11-5-3-4-6-14(11)21-19/h3-8H,1-2H3,(H,17,18). The molecule has 5 heteroatoms. The molecule has 0 aliphatic carbocycles. The van der Waals surface area contributed by atoms with E-state index in [4.69, 9.17) is 0 Å². The maximum atomic E-state index is 12.5. The second-order valence-corrected chi connectivity index (χ2v) is 7.27. The summed E-state index contributed by atoms with van der Waals surface area (Å²) >= 11 is -0.0500. The summed E-state index contributed by atoms with van der Waals surface area (Å²) in [6.07, 6.45) is 0. The van der Waals surface area contributed by atoms with Gasteiger partial charge in [-0.1, -0.05) is 0 Å². The SMILES string of the molecule is Cc1cc2nc(-n3[se]c4ccccc4c3=O)[nH]c2cc1C. The van der Waals surface area contributed by atoms with Crippen LogP contribution in [0.1, 0.15) is 11.1 Å². The number of nitrogens with zero attached hydrogens (tertiary/aromatic N) is 2. The zero-order valence-corrected chi connectivity index (χ0v) is 13.4. The van der Waals surface area contributed by atoms with Crippen molar-refractivity contribution in [1.82, 2.24) is 13.5 Å². The van der Waals surface area contributed by atoms with Gasteiger partial charge in [-0.25, -0.2) is 0 Å². The van der Waals surface area contributed by atoms with E-state index in [1.165, 1.54) is 11.1 Å². The summed E-state index contributed by atoms with van der Waals surface area (Å²) in [5.74, 6) is 0.649. The molecule has 0 spiro atoms. The van der Waals surface area contributed by atoms with Gasteiger partial charge in [-0.05, 0) is 0 Å². The fourth-order valence-corrected chi connectivity index (χ4v) is 4.44. The monoisotopic (exact) mass is 343 g/mol. The summed E-state index contributed by atoms with van der Waals surface area (Å²) in [5, 5.41) is 0.797. The van der Waals surface area contributed by atoms with E-state index < -0.39 is 0 Å². The molecule has 0 bridgehead atoms. The number of H-pyrrole nitrogens is 1. The summed E-state index contributed by atoms with van der Waals surface area (Å²) in [7, 11) is 0. The van der Waals surface area contributed by atoms with Crippen LogP contribution in [0.25, 0.3) is 26.6 Å². The molecule has 0 aliphatic heterocycles. The number of nitrogens with one attached hydrogen (secondary N) is 1. The van der Waals surface area contributed by atoms with Crippen molar-refractivity contribution in [1.29, 1.82) is 0 Å². The Bertz CT molecular complexity index is 1000. The predicted molar refractivity (Wildman–Crippen MR) is 85.6 cm³/mol. The van der Waals surface area contributed by atoms with E-state index in [9.17, 15) is 4.79 Å². The first-order chi connectivity index (χ1) is 10.1. The molecule has 0 unspecified atom stereocenters. The van der Waals surface area contributed by atoms with Crippen LogP contribution in [0.2, 0.25) is 0 Å². The van der Waals surface area contributed by atoms with E-state index in [1.54, 1.807) is 3.56 Å². The molecule has 104 valence electrons. The topological polar surface area (TPSA) is 50.7 Å². The summed E-state index contributed by atoms with van der Waals surface area (Å²) in [6, 6.07) is 11.9. The molecule has 4 rings (SSSR count). The molecule has 4 nitrogen and oxygen atoms in total. The second-order valence-electron chi connectivity index (χ2n) is 5.20. The average molecular weight is 342 g/mol. The number of aryl methyl sites for hydroxylation is 2. The molecule has 0 atom stereocenters. The van der Waals surface area contributed by atoms with Gasteiger partial charge in [0.05, 0.1) is 0 Å². The average Bonchev–Trinajstić information content (AvgIpc) is 3.01. The van der Waals surface area contributed by atoms with E-state index >= 15 is 0 Å². The molecule has 2 aromatic heterocycles. The van der Waals surface area contributed by atoms with Crippen LogP contribution in [0.15, 0.2) is 41.2 Å². The van der Waals surface area contributed by atoms with Crippen LogP contribution < -0.4 is 5.56 Å². The third-order valence-electron chi connectivity index (χ3n) is 3.77. The van der Waals surface area contributed by atoms with Crippen LogP contribution in [0, 0.1) is 13.8 Å². The summed E-state index contributed by atoms with van der Waals surface area (Å²) in [6.45, 7) is 4.15. The number of aromatic amines is 1. The minimum atomic E-state index is -0.0500. The Hall–Kier alpha value is -2.10.